The van der Waals surface area contributed by atoms with Gasteiger partial charge >= 0.3 is 0 Å². The van der Waals surface area contributed by atoms with Crippen molar-refractivity contribution in [3.63, 3.8) is 0 Å². The zero-order valence-electron chi connectivity index (χ0n) is 12.2. The van der Waals surface area contributed by atoms with Crippen molar-refractivity contribution in [2.45, 2.75) is 0 Å². The van der Waals surface area contributed by atoms with Crippen LogP contribution in [-0.4, -0.2) is 25.5 Å². The topological polar surface area (TPSA) is 67.4 Å². The van der Waals surface area contributed by atoms with E-state index in [2.05, 4.69) is 10.6 Å². The number of amides is 2. The van der Waals surface area contributed by atoms with Crippen molar-refractivity contribution >= 4 is 29.1 Å². The van der Waals surface area contributed by atoms with E-state index in [1.807, 2.05) is 0 Å². The number of ether oxygens (including phenoxy) is 1. The predicted octanol–water partition coefficient (Wildman–Crippen LogP) is 2.86. The molecule has 0 saturated carbocycles. The minimum atomic E-state index is -0.561. The van der Waals surface area contributed by atoms with E-state index in [-0.39, 0.29) is 23.3 Å². The maximum absolute atomic E-state index is 13.0. The number of hydrogen-bond donors (Lipinski definition) is 2. The van der Waals surface area contributed by atoms with Gasteiger partial charge in [0.2, 0.25) is 0 Å². The highest BCUT2D eigenvalue weighted by molar-refractivity contribution is 6.30. The number of rotatable bonds is 5. The molecule has 2 rings (SSSR count). The second-order valence-electron chi connectivity index (χ2n) is 4.57. The number of nitrogens with one attached hydrogen (secondary N) is 2. The summed E-state index contributed by atoms with van der Waals surface area (Å²) in [4.78, 5) is 23.4. The average Bonchev–Trinajstić information content (AvgIpc) is 2.55. The van der Waals surface area contributed by atoms with Crippen LogP contribution in [0.25, 0.3) is 0 Å². The Morgan fingerprint density at radius 3 is 2.70 bits per heavy atom. The molecule has 7 heteroatoms. The molecule has 120 valence electrons. The van der Waals surface area contributed by atoms with Crippen LogP contribution in [0.1, 0.15) is 10.4 Å². The lowest BCUT2D eigenvalue weighted by atomic mass is 10.2. The first-order chi connectivity index (χ1) is 11.0. The van der Waals surface area contributed by atoms with Crippen molar-refractivity contribution in [1.29, 1.82) is 0 Å². The lowest BCUT2D eigenvalue weighted by Gasteiger charge is -2.09. The molecule has 0 atom stereocenters. The van der Waals surface area contributed by atoms with E-state index in [4.69, 9.17) is 16.3 Å². The molecule has 0 spiro atoms. The average molecular weight is 337 g/mol. The van der Waals surface area contributed by atoms with Gasteiger partial charge in [0.1, 0.15) is 11.6 Å². The summed E-state index contributed by atoms with van der Waals surface area (Å²) in [6, 6.07) is 10.3. The van der Waals surface area contributed by atoms with Gasteiger partial charge in [-0.25, -0.2) is 4.39 Å². The van der Waals surface area contributed by atoms with Gasteiger partial charge in [-0.15, -0.1) is 0 Å². The van der Waals surface area contributed by atoms with E-state index in [9.17, 15) is 14.0 Å². The molecule has 0 aliphatic carbocycles. The van der Waals surface area contributed by atoms with Crippen molar-refractivity contribution in [2.75, 3.05) is 19.0 Å². The van der Waals surface area contributed by atoms with E-state index >= 15 is 0 Å². The first-order valence-corrected chi connectivity index (χ1v) is 7.07. The van der Waals surface area contributed by atoms with Crippen molar-refractivity contribution in [2.24, 2.45) is 0 Å². The molecule has 0 aromatic heterocycles. The van der Waals surface area contributed by atoms with Crippen LogP contribution in [0.3, 0.4) is 0 Å². The molecule has 0 unspecified atom stereocenters. The van der Waals surface area contributed by atoms with Crippen molar-refractivity contribution in [3.8, 4) is 5.75 Å². The monoisotopic (exact) mass is 336 g/mol. The Bertz CT molecular complexity index is 737. The van der Waals surface area contributed by atoms with Gasteiger partial charge in [-0.2, -0.15) is 0 Å². The molecule has 2 aromatic carbocycles. The fourth-order valence-electron chi connectivity index (χ4n) is 1.80. The normalized spacial score (nSPS) is 10.0. The molecular weight excluding hydrogens is 323 g/mol. The van der Waals surface area contributed by atoms with Crippen LogP contribution >= 0.6 is 11.6 Å². The van der Waals surface area contributed by atoms with Gasteiger partial charge in [0.25, 0.3) is 11.8 Å². The zero-order valence-corrected chi connectivity index (χ0v) is 13.0. The maximum atomic E-state index is 13.0. The zero-order chi connectivity index (χ0) is 16.8. The van der Waals surface area contributed by atoms with Gasteiger partial charge in [0.15, 0.2) is 6.61 Å². The largest absolute Gasteiger partial charge is 0.484 e. The standard InChI is InChI=1S/C16H14ClFN2O3/c1-19-16(22)10-3-2-4-11(7-10)20-15(21)9-23-12-5-6-14(18)13(17)8-12/h2-8H,9H2,1H3,(H,19,22)(H,20,21). The number of carbonyl (C=O) groups is 2. The second kappa shape index (κ2) is 7.60. The molecule has 0 fully saturated rings. The van der Waals surface area contributed by atoms with Crippen molar-refractivity contribution < 1.29 is 18.7 Å². The second-order valence-corrected chi connectivity index (χ2v) is 4.98. The molecule has 5 nitrogen and oxygen atoms in total. The first kappa shape index (κ1) is 16.8. The summed E-state index contributed by atoms with van der Waals surface area (Å²) >= 11 is 5.63. The van der Waals surface area contributed by atoms with E-state index < -0.39 is 11.7 Å². The summed E-state index contributed by atoms with van der Waals surface area (Å²) in [5.74, 6) is -0.946. The molecule has 0 aliphatic heterocycles. The minimum Gasteiger partial charge on any atom is -0.484 e. The summed E-state index contributed by atoms with van der Waals surface area (Å²) in [6.45, 7) is -0.272. The van der Waals surface area contributed by atoms with Crippen LogP contribution in [0.4, 0.5) is 10.1 Å². The number of benzene rings is 2. The minimum absolute atomic E-state index is 0.0822. The fraction of sp³-hybridized carbons (Fsp3) is 0.125. The number of anilines is 1. The Kier molecular flexibility index (Phi) is 5.54. The quantitative estimate of drug-likeness (QED) is 0.882. The van der Waals surface area contributed by atoms with Crippen molar-refractivity contribution in [1.82, 2.24) is 5.32 Å². The molecule has 2 aromatic rings. The van der Waals surface area contributed by atoms with Crippen LogP contribution in [0.15, 0.2) is 42.5 Å². The maximum Gasteiger partial charge on any atom is 0.262 e. The molecule has 0 saturated heterocycles. The van der Waals surface area contributed by atoms with Crippen LogP contribution in [0.2, 0.25) is 5.02 Å². The van der Waals surface area contributed by atoms with Crippen LogP contribution in [-0.2, 0) is 4.79 Å². The molecule has 0 heterocycles. The van der Waals surface area contributed by atoms with E-state index in [0.717, 1.165) is 6.07 Å². The van der Waals surface area contributed by atoms with E-state index in [1.54, 1.807) is 24.3 Å². The van der Waals surface area contributed by atoms with Crippen LogP contribution in [0.5, 0.6) is 5.75 Å². The molecule has 23 heavy (non-hydrogen) atoms. The first-order valence-electron chi connectivity index (χ1n) is 6.69. The highest BCUT2D eigenvalue weighted by atomic mass is 35.5. The SMILES string of the molecule is CNC(=O)c1cccc(NC(=O)COc2ccc(F)c(Cl)c2)c1. The lowest BCUT2D eigenvalue weighted by molar-refractivity contribution is -0.118. The Morgan fingerprint density at radius 2 is 2.00 bits per heavy atom. The summed E-state index contributed by atoms with van der Waals surface area (Å²) < 4.78 is 18.3. The van der Waals surface area contributed by atoms with Gasteiger partial charge in [0, 0.05) is 24.4 Å². The summed E-state index contributed by atoms with van der Waals surface area (Å²) in [7, 11) is 1.52. The molecule has 0 aliphatic rings. The number of hydrogen-bond acceptors (Lipinski definition) is 3. The summed E-state index contributed by atoms with van der Waals surface area (Å²) in [5, 5.41) is 5.02. The Hall–Kier alpha value is -2.60. The van der Waals surface area contributed by atoms with E-state index in [1.165, 1.54) is 19.2 Å². The number of carbonyl (C=O) groups excluding carboxylic acids is 2. The number of halogens is 2. The van der Waals surface area contributed by atoms with Gasteiger partial charge in [-0.1, -0.05) is 17.7 Å². The third kappa shape index (κ3) is 4.69. The third-order valence-corrected chi connectivity index (χ3v) is 3.19. The van der Waals surface area contributed by atoms with Gasteiger partial charge in [0.05, 0.1) is 5.02 Å². The summed E-state index contributed by atoms with van der Waals surface area (Å²) in [5.41, 5.74) is 0.897. The van der Waals surface area contributed by atoms with E-state index in [0.29, 0.717) is 11.3 Å². The lowest BCUT2D eigenvalue weighted by Crippen LogP contribution is -2.21. The summed E-state index contributed by atoms with van der Waals surface area (Å²) in [6.07, 6.45) is 0. The van der Waals surface area contributed by atoms with Crippen LogP contribution < -0.4 is 15.4 Å². The smallest absolute Gasteiger partial charge is 0.262 e. The highest BCUT2D eigenvalue weighted by Gasteiger charge is 2.08. The molecule has 2 N–H and O–H groups in total. The Balaban J connectivity index is 1.94. The highest BCUT2D eigenvalue weighted by Crippen LogP contribution is 2.21. The Morgan fingerprint density at radius 1 is 1.22 bits per heavy atom. The molecular formula is C16H14ClFN2O3. The van der Waals surface area contributed by atoms with Crippen LogP contribution in [0, 0.1) is 5.82 Å². The molecule has 0 bridgehead atoms. The van der Waals surface area contributed by atoms with Gasteiger partial charge < -0.3 is 15.4 Å². The third-order valence-electron chi connectivity index (χ3n) is 2.90. The van der Waals surface area contributed by atoms with Gasteiger partial charge in [-0.3, -0.25) is 9.59 Å². The Labute approximate surface area is 137 Å². The fourth-order valence-corrected chi connectivity index (χ4v) is 1.97. The molecule has 2 amide bonds. The van der Waals surface area contributed by atoms with Crippen molar-refractivity contribution in [3.05, 3.63) is 58.9 Å². The van der Waals surface area contributed by atoms with Gasteiger partial charge in [-0.05, 0) is 30.3 Å². The predicted molar refractivity (Wildman–Crippen MR) is 85.4 cm³/mol. The molecule has 0 radical (unpaired) electrons.